The van der Waals surface area contributed by atoms with E-state index in [1.807, 2.05) is 13.0 Å². The van der Waals surface area contributed by atoms with Crippen molar-refractivity contribution in [2.24, 2.45) is 15.6 Å². The van der Waals surface area contributed by atoms with Gasteiger partial charge in [-0.15, -0.1) is 0 Å². The Hall–Kier alpha value is -2.37. The lowest BCUT2D eigenvalue weighted by Gasteiger charge is -2.47. The van der Waals surface area contributed by atoms with Crippen molar-refractivity contribution >= 4 is 5.78 Å². The Morgan fingerprint density at radius 1 is 1.30 bits per heavy atom. The van der Waals surface area contributed by atoms with Crippen LogP contribution in [0, 0.1) is 5.41 Å². The quantitative estimate of drug-likeness (QED) is 0.794. The summed E-state index contributed by atoms with van der Waals surface area (Å²) < 4.78 is 26.8. The van der Waals surface area contributed by atoms with Crippen LogP contribution in [-0.4, -0.2) is 11.9 Å². The summed E-state index contributed by atoms with van der Waals surface area (Å²) in [6, 6.07) is 6.45. The van der Waals surface area contributed by atoms with Crippen LogP contribution in [0.15, 0.2) is 57.5 Å². The highest BCUT2D eigenvalue weighted by Gasteiger charge is 2.53. The van der Waals surface area contributed by atoms with Crippen molar-refractivity contribution < 1.29 is 13.6 Å². The molecule has 0 spiro atoms. The van der Waals surface area contributed by atoms with Gasteiger partial charge in [0.2, 0.25) is 0 Å². The van der Waals surface area contributed by atoms with Crippen molar-refractivity contribution in [2.75, 3.05) is 0 Å². The summed E-state index contributed by atoms with van der Waals surface area (Å²) in [7, 11) is 0. The number of nitrogens with zero attached hydrogens (tertiary/aromatic N) is 2. The molecule has 1 unspecified atom stereocenters. The Labute approximate surface area is 157 Å². The van der Waals surface area contributed by atoms with Crippen LogP contribution in [0.2, 0.25) is 0 Å². The maximum absolute atomic E-state index is 13.4. The van der Waals surface area contributed by atoms with Gasteiger partial charge in [-0.05, 0) is 29.9 Å². The number of benzene rings is 1. The SMILES string of the molecule is CC[C@@]1(c2cccc(C(F)F)c2)C2=CN=NC2NC2=C1C(=O)CC(C)(C)C2. The van der Waals surface area contributed by atoms with Gasteiger partial charge in [-0.3, -0.25) is 4.79 Å². The minimum absolute atomic E-state index is 0.0337. The van der Waals surface area contributed by atoms with Gasteiger partial charge in [-0.25, -0.2) is 8.78 Å². The summed E-state index contributed by atoms with van der Waals surface area (Å²) in [6.45, 7) is 6.14. The molecule has 2 atom stereocenters. The molecule has 1 N–H and O–H groups in total. The summed E-state index contributed by atoms with van der Waals surface area (Å²) in [5.74, 6) is 0.0734. The summed E-state index contributed by atoms with van der Waals surface area (Å²) in [4.78, 5) is 13.3. The maximum Gasteiger partial charge on any atom is 0.263 e. The average Bonchev–Trinajstić information content (AvgIpc) is 3.07. The molecule has 1 aromatic carbocycles. The van der Waals surface area contributed by atoms with E-state index in [9.17, 15) is 13.6 Å². The number of carbonyl (C=O) groups is 1. The summed E-state index contributed by atoms with van der Waals surface area (Å²) in [5.41, 5.74) is 2.21. The van der Waals surface area contributed by atoms with E-state index >= 15 is 0 Å². The van der Waals surface area contributed by atoms with Crippen LogP contribution in [0.4, 0.5) is 8.78 Å². The van der Waals surface area contributed by atoms with Crippen LogP contribution >= 0.6 is 0 Å². The molecule has 1 aliphatic carbocycles. The second-order valence-corrected chi connectivity index (χ2v) is 8.34. The van der Waals surface area contributed by atoms with E-state index in [-0.39, 0.29) is 22.9 Å². The number of fused-ring (bicyclic) bond motifs is 1. The Balaban J connectivity index is 1.98. The van der Waals surface area contributed by atoms with Crippen LogP contribution in [-0.2, 0) is 10.2 Å². The molecular formula is C21H23F2N3O. The van der Waals surface area contributed by atoms with E-state index in [0.717, 1.165) is 17.7 Å². The zero-order valence-corrected chi connectivity index (χ0v) is 15.7. The largest absolute Gasteiger partial charge is 0.362 e. The van der Waals surface area contributed by atoms with Crippen LogP contribution in [0.25, 0.3) is 0 Å². The zero-order valence-electron chi connectivity index (χ0n) is 15.7. The lowest BCUT2D eigenvalue weighted by molar-refractivity contribution is -0.119. The molecule has 2 aliphatic heterocycles. The number of ketones is 1. The van der Waals surface area contributed by atoms with E-state index in [1.54, 1.807) is 12.3 Å². The minimum atomic E-state index is -2.56. The number of hydrogen-bond acceptors (Lipinski definition) is 4. The Morgan fingerprint density at radius 3 is 2.78 bits per heavy atom. The fraction of sp³-hybridized carbons (Fsp3) is 0.476. The summed E-state index contributed by atoms with van der Waals surface area (Å²) >= 11 is 0. The van der Waals surface area contributed by atoms with E-state index < -0.39 is 11.8 Å². The molecule has 3 aliphatic rings. The number of carbonyl (C=O) groups excluding carboxylic acids is 1. The fourth-order valence-electron chi connectivity index (χ4n) is 4.83. The molecule has 0 saturated carbocycles. The van der Waals surface area contributed by atoms with E-state index in [4.69, 9.17) is 0 Å². The molecule has 4 rings (SSSR count). The van der Waals surface area contributed by atoms with Gasteiger partial charge in [0, 0.05) is 28.8 Å². The minimum Gasteiger partial charge on any atom is -0.362 e. The van der Waals surface area contributed by atoms with E-state index in [0.29, 0.717) is 24.0 Å². The summed E-state index contributed by atoms with van der Waals surface area (Å²) in [5, 5.41) is 11.7. The summed E-state index contributed by atoms with van der Waals surface area (Å²) in [6.07, 6.45) is 0.533. The van der Waals surface area contributed by atoms with Crippen LogP contribution < -0.4 is 5.32 Å². The average molecular weight is 371 g/mol. The smallest absolute Gasteiger partial charge is 0.263 e. The third kappa shape index (κ3) is 2.65. The molecule has 27 heavy (non-hydrogen) atoms. The number of alkyl halides is 2. The van der Waals surface area contributed by atoms with Crippen molar-refractivity contribution in [2.45, 2.75) is 58.0 Å². The maximum atomic E-state index is 13.4. The third-order valence-electron chi connectivity index (χ3n) is 5.94. The van der Waals surface area contributed by atoms with Crippen molar-refractivity contribution in [1.29, 1.82) is 0 Å². The Kier molecular flexibility index (Phi) is 4.05. The highest BCUT2D eigenvalue weighted by atomic mass is 19.3. The molecule has 0 amide bonds. The van der Waals surface area contributed by atoms with Gasteiger partial charge in [0.05, 0.1) is 11.6 Å². The van der Waals surface area contributed by atoms with Gasteiger partial charge in [-0.2, -0.15) is 10.2 Å². The van der Waals surface area contributed by atoms with Gasteiger partial charge in [0.15, 0.2) is 11.9 Å². The van der Waals surface area contributed by atoms with Gasteiger partial charge in [0.25, 0.3) is 6.43 Å². The zero-order chi connectivity index (χ0) is 19.4. The number of nitrogens with one attached hydrogen (secondary N) is 1. The molecule has 0 fully saturated rings. The molecule has 0 radical (unpaired) electrons. The lowest BCUT2D eigenvalue weighted by atomic mass is 9.59. The Morgan fingerprint density at radius 2 is 2.07 bits per heavy atom. The van der Waals surface area contributed by atoms with Gasteiger partial charge < -0.3 is 5.32 Å². The van der Waals surface area contributed by atoms with Crippen LogP contribution in [0.5, 0.6) is 0 Å². The van der Waals surface area contributed by atoms with Gasteiger partial charge >= 0.3 is 0 Å². The first-order chi connectivity index (χ1) is 12.8. The third-order valence-corrected chi connectivity index (χ3v) is 5.94. The topological polar surface area (TPSA) is 53.8 Å². The number of Topliss-reactive ketones (excluding diaryl/α,β-unsaturated/α-hetero) is 1. The van der Waals surface area contributed by atoms with Gasteiger partial charge in [0.1, 0.15) is 0 Å². The van der Waals surface area contributed by atoms with Crippen LogP contribution in [0.1, 0.15) is 57.6 Å². The fourth-order valence-corrected chi connectivity index (χ4v) is 4.83. The molecule has 142 valence electrons. The highest BCUT2D eigenvalue weighted by molar-refractivity contribution is 6.01. The molecule has 0 saturated heterocycles. The predicted molar refractivity (Wildman–Crippen MR) is 98.3 cm³/mol. The Bertz CT molecular complexity index is 900. The highest BCUT2D eigenvalue weighted by Crippen LogP contribution is 2.53. The number of allylic oxidation sites excluding steroid dienone is 2. The lowest BCUT2D eigenvalue weighted by Crippen LogP contribution is -2.51. The molecule has 1 aromatic rings. The molecule has 2 heterocycles. The van der Waals surface area contributed by atoms with Crippen LogP contribution in [0.3, 0.4) is 0 Å². The number of hydrogen-bond donors (Lipinski definition) is 1. The van der Waals surface area contributed by atoms with Crippen molar-refractivity contribution in [3.63, 3.8) is 0 Å². The second kappa shape index (κ2) is 6.08. The first-order valence-corrected chi connectivity index (χ1v) is 9.31. The number of azo groups is 1. The second-order valence-electron chi connectivity index (χ2n) is 8.34. The monoisotopic (exact) mass is 371 g/mol. The van der Waals surface area contributed by atoms with E-state index in [1.165, 1.54) is 12.1 Å². The number of rotatable bonds is 3. The van der Waals surface area contributed by atoms with Crippen molar-refractivity contribution in [3.8, 4) is 0 Å². The standard InChI is InChI=1S/C21H23F2N3O/c1-4-21(13-7-5-6-12(8-13)18(22)23)14-11-24-26-19(14)25-15-9-20(2,3)10-16(27)17(15)21/h5-8,11,18-19,25H,4,9-10H2,1-3H3/t19?,21-/m1/s1. The van der Waals surface area contributed by atoms with Crippen molar-refractivity contribution in [1.82, 2.24) is 5.32 Å². The first-order valence-electron chi connectivity index (χ1n) is 9.31. The molecule has 4 nitrogen and oxygen atoms in total. The molecule has 6 heteroatoms. The molecule has 0 bridgehead atoms. The normalized spacial score (nSPS) is 28.7. The van der Waals surface area contributed by atoms with Crippen molar-refractivity contribution in [3.05, 3.63) is 58.4 Å². The molecule has 0 aromatic heterocycles. The van der Waals surface area contributed by atoms with Gasteiger partial charge in [-0.1, -0.05) is 39.0 Å². The molecular weight excluding hydrogens is 348 g/mol. The first kappa shape index (κ1) is 18.0. The number of halogens is 2. The van der Waals surface area contributed by atoms with E-state index in [2.05, 4.69) is 29.4 Å². The predicted octanol–water partition coefficient (Wildman–Crippen LogP) is 5.19.